The Labute approximate surface area is 140 Å². The fraction of sp³-hybridized carbons (Fsp3) is 0.444. The number of nitrogens with zero attached hydrogens (tertiary/aromatic N) is 2. The molecule has 1 atom stereocenters. The molecule has 0 saturated carbocycles. The highest BCUT2D eigenvalue weighted by molar-refractivity contribution is 5.79. The number of carbonyl (C=O) groups is 1. The molecule has 24 heavy (non-hydrogen) atoms. The highest BCUT2D eigenvalue weighted by Crippen LogP contribution is 2.23. The summed E-state index contributed by atoms with van der Waals surface area (Å²) in [6, 6.07) is 3.13. The first-order valence-corrected chi connectivity index (χ1v) is 8.19. The molecule has 0 bridgehead atoms. The smallest absolute Gasteiger partial charge is 0.223 e. The fourth-order valence-electron chi connectivity index (χ4n) is 2.81. The third kappa shape index (κ3) is 3.63. The maximum Gasteiger partial charge on any atom is 0.223 e. The lowest BCUT2D eigenvalue weighted by atomic mass is 10.0. The van der Waals surface area contributed by atoms with Crippen molar-refractivity contribution in [1.82, 2.24) is 15.1 Å². The van der Waals surface area contributed by atoms with Crippen LogP contribution in [0.5, 0.6) is 0 Å². The first kappa shape index (κ1) is 18.1. The number of hydrogen-bond acceptors (Lipinski definition) is 2. The van der Waals surface area contributed by atoms with Crippen molar-refractivity contribution in [2.24, 2.45) is 5.92 Å². The quantitative estimate of drug-likeness (QED) is 0.865. The molecule has 0 aliphatic heterocycles. The van der Waals surface area contributed by atoms with Crippen molar-refractivity contribution in [3.63, 3.8) is 0 Å². The number of aromatic nitrogens is 2. The lowest BCUT2D eigenvalue weighted by Crippen LogP contribution is -2.32. The number of nitrogens with one attached hydrogen (secondary N) is 1. The molecule has 2 aromatic rings. The Kier molecular flexibility index (Phi) is 5.70. The van der Waals surface area contributed by atoms with Crippen LogP contribution in [0.4, 0.5) is 8.78 Å². The second-order valence-electron chi connectivity index (χ2n) is 5.94. The molecule has 0 radical (unpaired) electrons. The van der Waals surface area contributed by atoms with Gasteiger partial charge < -0.3 is 5.32 Å². The van der Waals surface area contributed by atoms with Crippen molar-refractivity contribution in [3.8, 4) is 5.69 Å². The summed E-state index contributed by atoms with van der Waals surface area (Å²) in [6.07, 6.45) is 3.18. The van der Waals surface area contributed by atoms with Gasteiger partial charge in [0.05, 0.1) is 12.2 Å². The van der Waals surface area contributed by atoms with Gasteiger partial charge in [-0.15, -0.1) is 0 Å². The van der Waals surface area contributed by atoms with E-state index in [2.05, 4.69) is 10.4 Å². The van der Waals surface area contributed by atoms with Crippen LogP contribution >= 0.6 is 0 Å². The Morgan fingerprint density at radius 1 is 1.29 bits per heavy atom. The number of benzene rings is 1. The van der Waals surface area contributed by atoms with Crippen molar-refractivity contribution in [2.45, 2.75) is 46.6 Å². The van der Waals surface area contributed by atoms with Gasteiger partial charge in [0.15, 0.2) is 5.82 Å². The number of carbonyl (C=O) groups excluding carboxylic acids is 1. The van der Waals surface area contributed by atoms with Crippen molar-refractivity contribution < 1.29 is 13.6 Å². The second-order valence-corrected chi connectivity index (χ2v) is 5.94. The van der Waals surface area contributed by atoms with Gasteiger partial charge in [-0.1, -0.05) is 13.8 Å². The maximum atomic E-state index is 14.0. The Morgan fingerprint density at radius 2 is 1.96 bits per heavy atom. The summed E-state index contributed by atoms with van der Waals surface area (Å²) in [5, 5.41) is 7.17. The first-order valence-electron chi connectivity index (χ1n) is 8.19. The summed E-state index contributed by atoms with van der Waals surface area (Å²) in [7, 11) is 0. The van der Waals surface area contributed by atoms with E-state index in [0.29, 0.717) is 5.69 Å². The van der Waals surface area contributed by atoms with Crippen LogP contribution in [0, 0.1) is 24.5 Å². The molecule has 1 aromatic carbocycles. The zero-order chi connectivity index (χ0) is 17.9. The van der Waals surface area contributed by atoms with E-state index in [1.807, 2.05) is 20.8 Å². The van der Waals surface area contributed by atoms with E-state index < -0.39 is 11.6 Å². The molecule has 1 N–H and O–H groups in total. The lowest BCUT2D eigenvalue weighted by Gasteiger charge is -2.18. The van der Waals surface area contributed by atoms with E-state index in [4.69, 9.17) is 0 Å². The van der Waals surface area contributed by atoms with Crippen LogP contribution in [0.15, 0.2) is 24.4 Å². The number of rotatable bonds is 6. The zero-order valence-electron chi connectivity index (χ0n) is 14.4. The molecule has 6 heteroatoms. The molecule has 2 rings (SSSR count). The number of hydrogen-bond donors (Lipinski definition) is 1. The van der Waals surface area contributed by atoms with Gasteiger partial charge in [0.2, 0.25) is 5.91 Å². The normalized spacial score (nSPS) is 12.5. The lowest BCUT2D eigenvalue weighted by molar-refractivity contribution is -0.125. The van der Waals surface area contributed by atoms with Gasteiger partial charge in [-0.2, -0.15) is 5.10 Å². The average Bonchev–Trinajstić information content (AvgIpc) is 2.90. The molecule has 1 aromatic heterocycles. The summed E-state index contributed by atoms with van der Waals surface area (Å²) in [5.41, 5.74) is 1.69. The predicted molar refractivity (Wildman–Crippen MR) is 88.8 cm³/mol. The zero-order valence-corrected chi connectivity index (χ0v) is 14.4. The fourth-order valence-corrected chi connectivity index (χ4v) is 2.81. The molecule has 1 heterocycles. The third-order valence-corrected chi connectivity index (χ3v) is 4.37. The Bertz CT molecular complexity index is 723. The van der Waals surface area contributed by atoms with Gasteiger partial charge in [0.25, 0.3) is 0 Å². The molecule has 1 amide bonds. The van der Waals surface area contributed by atoms with Gasteiger partial charge in [-0.3, -0.25) is 4.79 Å². The second kappa shape index (κ2) is 7.55. The molecule has 130 valence electrons. The van der Waals surface area contributed by atoms with E-state index in [9.17, 15) is 13.6 Å². The highest BCUT2D eigenvalue weighted by Gasteiger charge is 2.21. The molecule has 0 aliphatic rings. The molecule has 0 aliphatic carbocycles. The van der Waals surface area contributed by atoms with Crippen LogP contribution in [-0.2, 0) is 4.79 Å². The standard InChI is InChI=1S/C18H23F2N3O/c1-5-13(6-2)18(24)22-11(3)15-10-21-23(12(15)4)17-8-7-14(19)9-16(17)20/h7-11,13H,5-6H2,1-4H3,(H,22,24)/t11-/m1/s1. The van der Waals surface area contributed by atoms with Gasteiger partial charge >= 0.3 is 0 Å². The monoisotopic (exact) mass is 335 g/mol. The Hall–Kier alpha value is -2.24. The Balaban J connectivity index is 2.24. The first-order chi connectivity index (χ1) is 11.4. The van der Waals surface area contributed by atoms with Gasteiger partial charge in [0, 0.05) is 23.2 Å². The van der Waals surface area contributed by atoms with Crippen molar-refractivity contribution >= 4 is 5.91 Å². The summed E-state index contributed by atoms with van der Waals surface area (Å²) in [4.78, 5) is 12.2. The van der Waals surface area contributed by atoms with E-state index >= 15 is 0 Å². The summed E-state index contributed by atoms with van der Waals surface area (Å²) in [6.45, 7) is 7.64. The van der Waals surface area contributed by atoms with Crippen molar-refractivity contribution in [2.75, 3.05) is 0 Å². The number of halogens is 2. The third-order valence-electron chi connectivity index (χ3n) is 4.37. The van der Waals surface area contributed by atoms with Gasteiger partial charge in [-0.25, -0.2) is 13.5 Å². The molecule has 0 fully saturated rings. The van der Waals surface area contributed by atoms with Crippen molar-refractivity contribution in [1.29, 1.82) is 0 Å². The molecule has 0 unspecified atom stereocenters. The topological polar surface area (TPSA) is 46.9 Å². The van der Waals surface area contributed by atoms with E-state index in [0.717, 1.165) is 24.5 Å². The van der Waals surface area contributed by atoms with Crippen LogP contribution < -0.4 is 5.32 Å². The Morgan fingerprint density at radius 3 is 2.54 bits per heavy atom. The molecule has 0 saturated heterocycles. The highest BCUT2D eigenvalue weighted by atomic mass is 19.1. The van der Waals surface area contributed by atoms with E-state index in [1.165, 1.54) is 16.8 Å². The van der Waals surface area contributed by atoms with E-state index in [-0.39, 0.29) is 23.6 Å². The minimum atomic E-state index is -0.679. The van der Waals surface area contributed by atoms with Gasteiger partial charge in [0.1, 0.15) is 11.5 Å². The van der Waals surface area contributed by atoms with Crippen molar-refractivity contribution in [3.05, 3.63) is 47.3 Å². The largest absolute Gasteiger partial charge is 0.349 e. The van der Waals surface area contributed by atoms with Crippen LogP contribution in [0.3, 0.4) is 0 Å². The molecular formula is C18H23F2N3O. The molecular weight excluding hydrogens is 312 g/mol. The van der Waals surface area contributed by atoms with Gasteiger partial charge in [-0.05, 0) is 38.8 Å². The van der Waals surface area contributed by atoms with Crippen LogP contribution in [0.25, 0.3) is 5.69 Å². The summed E-state index contributed by atoms with van der Waals surface area (Å²) in [5.74, 6) is -1.32. The van der Waals surface area contributed by atoms with Crippen LogP contribution in [0.1, 0.15) is 50.9 Å². The minimum Gasteiger partial charge on any atom is -0.349 e. The maximum absolute atomic E-state index is 14.0. The summed E-state index contributed by atoms with van der Waals surface area (Å²) >= 11 is 0. The average molecular weight is 335 g/mol. The SMILES string of the molecule is CCC(CC)C(=O)N[C@H](C)c1cnn(-c2ccc(F)cc2F)c1C. The summed E-state index contributed by atoms with van der Waals surface area (Å²) < 4.78 is 28.5. The van der Waals surface area contributed by atoms with Crippen LogP contribution in [-0.4, -0.2) is 15.7 Å². The molecule has 4 nitrogen and oxygen atoms in total. The van der Waals surface area contributed by atoms with Crippen LogP contribution in [0.2, 0.25) is 0 Å². The number of amides is 1. The predicted octanol–water partition coefficient (Wildman–Crippen LogP) is 4.07. The van der Waals surface area contributed by atoms with E-state index in [1.54, 1.807) is 13.1 Å². The molecule has 0 spiro atoms. The minimum absolute atomic E-state index is 0.00705.